The summed E-state index contributed by atoms with van der Waals surface area (Å²) in [5, 5.41) is 12.3. The largest absolute Gasteiger partial charge is 0.490 e. The molecule has 0 spiro atoms. The van der Waals surface area contributed by atoms with Crippen LogP contribution in [0.3, 0.4) is 0 Å². The number of aromatic carboxylic acids is 1. The van der Waals surface area contributed by atoms with E-state index in [0.717, 1.165) is 11.3 Å². The van der Waals surface area contributed by atoms with Crippen molar-refractivity contribution in [1.82, 2.24) is 0 Å². The van der Waals surface area contributed by atoms with Crippen molar-refractivity contribution in [2.45, 2.75) is 6.54 Å². The lowest BCUT2D eigenvalue weighted by Gasteiger charge is -2.10. The normalized spacial score (nSPS) is 9.90. The fourth-order valence-corrected chi connectivity index (χ4v) is 1.88. The molecule has 0 aliphatic rings. The van der Waals surface area contributed by atoms with Gasteiger partial charge in [0, 0.05) is 12.2 Å². The molecule has 0 saturated heterocycles. The molecule has 0 bridgehead atoms. The van der Waals surface area contributed by atoms with E-state index in [4.69, 9.17) is 9.84 Å². The first-order valence-corrected chi connectivity index (χ1v) is 6.59. The fourth-order valence-electron chi connectivity index (χ4n) is 1.88. The lowest BCUT2D eigenvalue weighted by molar-refractivity contribution is 0.0698. The van der Waals surface area contributed by atoms with Crippen LogP contribution in [-0.4, -0.2) is 17.7 Å². The average molecular weight is 283 g/mol. The van der Waals surface area contributed by atoms with E-state index in [0.29, 0.717) is 18.8 Å². The number of rotatable bonds is 7. The molecule has 108 valence electrons. The maximum atomic E-state index is 11.1. The molecule has 0 heterocycles. The molecule has 2 aromatic rings. The van der Waals surface area contributed by atoms with Crippen molar-refractivity contribution in [3.05, 3.63) is 72.3 Å². The summed E-state index contributed by atoms with van der Waals surface area (Å²) in [6.07, 6.45) is 1.69. The van der Waals surface area contributed by atoms with Gasteiger partial charge >= 0.3 is 5.97 Å². The molecule has 0 saturated carbocycles. The summed E-state index contributed by atoms with van der Waals surface area (Å²) in [6, 6.07) is 14.5. The summed E-state index contributed by atoms with van der Waals surface area (Å²) in [6.45, 7) is 4.62. The van der Waals surface area contributed by atoms with E-state index in [9.17, 15) is 4.79 Å². The summed E-state index contributed by atoms with van der Waals surface area (Å²) in [4.78, 5) is 11.1. The van der Waals surface area contributed by atoms with Gasteiger partial charge in [0.05, 0.1) is 5.56 Å². The van der Waals surface area contributed by atoms with Crippen LogP contribution in [0, 0.1) is 0 Å². The Morgan fingerprint density at radius 1 is 1.19 bits per heavy atom. The van der Waals surface area contributed by atoms with Gasteiger partial charge in [-0.3, -0.25) is 0 Å². The van der Waals surface area contributed by atoms with Crippen LogP contribution in [0.15, 0.2) is 61.2 Å². The highest BCUT2D eigenvalue weighted by atomic mass is 16.5. The van der Waals surface area contributed by atoms with Gasteiger partial charge in [-0.05, 0) is 29.8 Å². The van der Waals surface area contributed by atoms with Crippen molar-refractivity contribution < 1.29 is 14.6 Å². The van der Waals surface area contributed by atoms with Crippen molar-refractivity contribution in [3.8, 4) is 5.75 Å². The van der Waals surface area contributed by atoms with Gasteiger partial charge in [-0.2, -0.15) is 0 Å². The van der Waals surface area contributed by atoms with E-state index in [1.54, 1.807) is 30.3 Å². The van der Waals surface area contributed by atoms with Crippen LogP contribution in [0.25, 0.3) is 0 Å². The van der Waals surface area contributed by atoms with E-state index >= 15 is 0 Å². The van der Waals surface area contributed by atoms with E-state index < -0.39 is 5.97 Å². The Hall–Kier alpha value is -2.75. The Morgan fingerprint density at radius 2 is 1.90 bits per heavy atom. The molecule has 0 radical (unpaired) electrons. The van der Waals surface area contributed by atoms with Crippen LogP contribution in [0.1, 0.15) is 15.9 Å². The van der Waals surface area contributed by atoms with Crippen molar-refractivity contribution in [1.29, 1.82) is 0 Å². The minimum Gasteiger partial charge on any atom is -0.490 e. The quantitative estimate of drug-likeness (QED) is 0.763. The molecular formula is C17H17NO3. The minimum atomic E-state index is -0.939. The number of anilines is 1. The monoisotopic (exact) mass is 283 g/mol. The molecule has 0 aliphatic heterocycles. The highest BCUT2D eigenvalue weighted by molar-refractivity contribution is 5.94. The number of nitrogens with one attached hydrogen (secondary N) is 1. The van der Waals surface area contributed by atoms with Gasteiger partial charge in [0.15, 0.2) is 0 Å². The van der Waals surface area contributed by atoms with E-state index in [-0.39, 0.29) is 5.56 Å². The van der Waals surface area contributed by atoms with E-state index in [1.807, 2.05) is 24.3 Å². The van der Waals surface area contributed by atoms with Gasteiger partial charge in [0.25, 0.3) is 0 Å². The Bertz CT molecular complexity index is 620. The van der Waals surface area contributed by atoms with Crippen LogP contribution in [0.4, 0.5) is 5.69 Å². The highest BCUT2D eigenvalue weighted by Gasteiger charge is 2.08. The first-order chi connectivity index (χ1) is 10.2. The van der Waals surface area contributed by atoms with Gasteiger partial charge in [0.2, 0.25) is 0 Å². The minimum absolute atomic E-state index is 0.267. The molecule has 4 nitrogen and oxygen atoms in total. The van der Waals surface area contributed by atoms with Gasteiger partial charge in [-0.25, -0.2) is 4.79 Å². The molecule has 2 N–H and O–H groups in total. The number of ether oxygens (including phenoxy) is 1. The number of carboxylic acid groups (broad SMARTS) is 1. The van der Waals surface area contributed by atoms with Crippen molar-refractivity contribution >= 4 is 11.7 Å². The third-order valence-corrected chi connectivity index (χ3v) is 2.93. The van der Waals surface area contributed by atoms with Crippen LogP contribution < -0.4 is 10.1 Å². The topological polar surface area (TPSA) is 58.6 Å². The molecule has 0 amide bonds. The Labute approximate surface area is 123 Å². The van der Waals surface area contributed by atoms with Crippen molar-refractivity contribution in [2.24, 2.45) is 0 Å². The molecule has 4 heteroatoms. The van der Waals surface area contributed by atoms with Crippen LogP contribution in [0.5, 0.6) is 5.75 Å². The molecule has 0 fully saturated rings. The Balaban J connectivity index is 2.00. The molecule has 0 aliphatic carbocycles. The fraction of sp³-hybridized carbons (Fsp3) is 0.118. The Kier molecular flexibility index (Phi) is 4.99. The average Bonchev–Trinajstić information content (AvgIpc) is 2.52. The third kappa shape index (κ3) is 4.11. The first-order valence-electron chi connectivity index (χ1n) is 6.59. The lowest BCUT2D eigenvalue weighted by atomic mass is 10.1. The molecule has 0 unspecified atom stereocenters. The van der Waals surface area contributed by atoms with Gasteiger partial charge in [-0.1, -0.05) is 36.9 Å². The molecule has 21 heavy (non-hydrogen) atoms. The zero-order valence-electron chi connectivity index (χ0n) is 11.6. The first kappa shape index (κ1) is 14.7. The van der Waals surface area contributed by atoms with Crippen molar-refractivity contribution in [2.75, 3.05) is 11.9 Å². The summed E-state index contributed by atoms with van der Waals surface area (Å²) >= 11 is 0. The second-order valence-corrected chi connectivity index (χ2v) is 4.45. The molecular weight excluding hydrogens is 266 g/mol. The smallest absolute Gasteiger partial charge is 0.337 e. The number of carbonyl (C=O) groups is 1. The highest BCUT2D eigenvalue weighted by Crippen LogP contribution is 2.17. The molecule has 2 aromatic carbocycles. The number of para-hydroxylation sites is 1. The zero-order valence-corrected chi connectivity index (χ0v) is 11.6. The summed E-state index contributed by atoms with van der Waals surface area (Å²) < 4.78 is 5.41. The standard InChI is InChI=1S/C17H17NO3/c1-2-11-21-14-9-7-13(8-10-14)12-18-16-6-4-3-5-15(16)17(19)20/h2-10,18H,1,11-12H2,(H,19,20). The predicted octanol–water partition coefficient (Wildman–Crippen LogP) is 3.56. The van der Waals surface area contributed by atoms with Crippen LogP contribution >= 0.6 is 0 Å². The second kappa shape index (κ2) is 7.14. The SMILES string of the molecule is C=CCOc1ccc(CNc2ccccc2C(=O)O)cc1. The number of benzene rings is 2. The van der Waals surface area contributed by atoms with Gasteiger partial charge < -0.3 is 15.2 Å². The molecule has 2 rings (SSSR count). The Morgan fingerprint density at radius 3 is 2.57 bits per heavy atom. The lowest BCUT2D eigenvalue weighted by Crippen LogP contribution is -2.06. The number of hydrogen-bond acceptors (Lipinski definition) is 3. The van der Waals surface area contributed by atoms with Gasteiger partial charge in [0.1, 0.15) is 12.4 Å². The maximum Gasteiger partial charge on any atom is 0.337 e. The third-order valence-electron chi connectivity index (χ3n) is 2.93. The molecule has 0 atom stereocenters. The zero-order chi connectivity index (χ0) is 15.1. The molecule has 0 aromatic heterocycles. The van der Waals surface area contributed by atoms with Crippen LogP contribution in [0.2, 0.25) is 0 Å². The van der Waals surface area contributed by atoms with E-state index in [2.05, 4.69) is 11.9 Å². The predicted molar refractivity (Wildman–Crippen MR) is 82.9 cm³/mol. The second-order valence-electron chi connectivity index (χ2n) is 4.45. The van der Waals surface area contributed by atoms with Crippen molar-refractivity contribution in [3.63, 3.8) is 0 Å². The maximum absolute atomic E-state index is 11.1. The van der Waals surface area contributed by atoms with Crippen LogP contribution in [-0.2, 0) is 6.54 Å². The van der Waals surface area contributed by atoms with E-state index in [1.165, 1.54) is 0 Å². The number of hydrogen-bond donors (Lipinski definition) is 2. The summed E-state index contributed by atoms with van der Waals surface area (Å²) in [5.41, 5.74) is 1.92. The number of carboxylic acids is 1. The summed E-state index contributed by atoms with van der Waals surface area (Å²) in [5.74, 6) is -0.157. The summed E-state index contributed by atoms with van der Waals surface area (Å²) in [7, 11) is 0. The van der Waals surface area contributed by atoms with Gasteiger partial charge in [-0.15, -0.1) is 0 Å².